The molecule has 3 N–H and O–H groups in total. The van der Waals surface area contributed by atoms with E-state index in [1.807, 2.05) is 0 Å². The Morgan fingerprint density at radius 2 is 0.522 bits per heavy atom. The van der Waals surface area contributed by atoms with Crippen molar-refractivity contribution in [1.29, 1.82) is 0 Å². The summed E-state index contributed by atoms with van der Waals surface area (Å²) >= 11 is 0. The smallest absolute Gasteiger partial charge is 0.462 e. The number of phosphoric ester groups is 2. The number of hydrogen-bond donors (Lipinski definition) is 3. The minimum atomic E-state index is -4.96. The Bertz CT molecular complexity index is 1820. The highest BCUT2D eigenvalue weighted by Gasteiger charge is 2.30. The Morgan fingerprint density at radius 3 is 0.772 bits per heavy atom. The van der Waals surface area contributed by atoms with E-state index >= 15 is 0 Å². The molecular weight excluding hydrogens is 1210 g/mol. The van der Waals surface area contributed by atoms with Crippen molar-refractivity contribution in [2.45, 2.75) is 382 Å². The van der Waals surface area contributed by atoms with Gasteiger partial charge in [0.05, 0.1) is 26.4 Å². The third-order valence-corrected chi connectivity index (χ3v) is 19.1. The highest BCUT2D eigenvalue weighted by Crippen LogP contribution is 2.45. The number of aliphatic hydroxyl groups is 1. The standard InChI is InChI=1S/C73H142O17P2/c1-9-66(8)52-44-36-28-22-23-31-40-48-56-73(78)90-68(59-83-70(75)53-45-37-29-20-16-14-12-10-11-13-15-18-25-33-41-49-63(2)3)61-87-91(79,80)85-57-67(74)58-86-92(81,82)88-62-69(60-84-71(76)54-46-38-32-24-27-35-43-51-65(6)7)89-72(77)55-47-39-30-21-17-19-26-34-42-50-64(4)5/h63-69,74H,9-62H2,1-8H3,(H,79,80)(H,81,82)/t66?,67?,68-,69-/m1/s1. The minimum absolute atomic E-state index is 0.104. The zero-order chi connectivity index (χ0) is 68.2. The van der Waals surface area contributed by atoms with E-state index in [0.29, 0.717) is 31.6 Å². The molecule has 0 bridgehead atoms. The van der Waals surface area contributed by atoms with Gasteiger partial charge in [-0.15, -0.1) is 0 Å². The fourth-order valence-electron chi connectivity index (χ4n) is 11.0. The van der Waals surface area contributed by atoms with Crippen LogP contribution in [0.4, 0.5) is 0 Å². The molecular formula is C73H142O17P2. The molecule has 0 aliphatic heterocycles. The molecule has 546 valence electrons. The van der Waals surface area contributed by atoms with Crippen LogP contribution in [0.25, 0.3) is 0 Å². The summed E-state index contributed by atoms with van der Waals surface area (Å²) in [6, 6.07) is 0. The molecule has 0 aromatic carbocycles. The lowest BCUT2D eigenvalue weighted by molar-refractivity contribution is -0.161. The Kier molecular flexibility index (Phi) is 61.3. The van der Waals surface area contributed by atoms with Gasteiger partial charge in [-0.25, -0.2) is 9.13 Å². The third kappa shape index (κ3) is 65.4. The Morgan fingerprint density at radius 1 is 0.304 bits per heavy atom. The highest BCUT2D eigenvalue weighted by atomic mass is 31.2. The summed E-state index contributed by atoms with van der Waals surface area (Å²) in [5.74, 6) is 0.890. The molecule has 0 radical (unpaired) electrons. The SMILES string of the molecule is CCC(C)CCCCCCCCCCC(=O)O[C@H](COC(=O)CCCCCCCCCCCCCCCCCC(C)C)COP(=O)(O)OCC(O)COP(=O)(O)OC[C@@H](COC(=O)CCCCCCCCCC(C)C)OC(=O)CCCCCCCCCCCC(C)C. The van der Waals surface area contributed by atoms with E-state index in [9.17, 15) is 43.2 Å². The molecule has 6 atom stereocenters. The largest absolute Gasteiger partial charge is 0.472 e. The quantitative estimate of drug-likeness (QED) is 0.0222. The van der Waals surface area contributed by atoms with Crippen LogP contribution in [0.5, 0.6) is 0 Å². The van der Waals surface area contributed by atoms with Gasteiger partial charge in [0.1, 0.15) is 19.3 Å². The van der Waals surface area contributed by atoms with Crippen molar-refractivity contribution < 1.29 is 80.2 Å². The first kappa shape index (κ1) is 90.1. The average molecular weight is 1350 g/mol. The van der Waals surface area contributed by atoms with Gasteiger partial charge in [0.25, 0.3) is 0 Å². The second-order valence-corrected chi connectivity index (χ2v) is 30.9. The van der Waals surface area contributed by atoms with Crippen molar-refractivity contribution in [3.05, 3.63) is 0 Å². The number of hydrogen-bond acceptors (Lipinski definition) is 15. The number of ether oxygens (including phenoxy) is 4. The second kappa shape index (κ2) is 62.6. The number of esters is 4. The monoisotopic (exact) mass is 1350 g/mol. The van der Waals surface area contributed by atoms with Crippen molar-refractivity contribution >= 4 is 39.5 Å². The van der Waals surface area contributed by atoms with E-state index in [2.05, 4.69) is 55.4 Å². The van der Waals surface area contributed by atoms with Crippen molar-refractivity contribution in [2.24, 2.45) is 23.7 Å². The van der Waals surface area contributed by atoms with Crippen LogP contribution in [0.1, 0.15) is 364 Å². The molecule has 4 unspecified atom stereocenters. The van der Waals surface area contributed by atoms with Crippen LogP contribution in [0, 0.1) is 23.7 Å². The third-order valence-electron chi connectivity index (χ3n) is 17.2. The van der Waals surface area contributed by atoms with Gasteiger partial charge in [0.2, 0.25) is 0 Å². The van der Waals surface area contributed by atoms with E-state index in [0.717, 1.165) is 114 Å². The molecule has 0 fully saturated rings. The topological polar surface area (TPSA) is 237 Å². The van der Waals surface area contributed by atoms with Crippen molar-refractivity contribution in [3.63, 3.8) is 0 Å². The predicted octanol–water partition coefficient (Wildman–Crippen LogP) is 20.9. The summed E-state index contributed by atoms with van der Waals surface area (Å²) in [6.07, 6.45) is 45.9. The normalized spacial score (nSPS) is 14.5. The van der Waals surface area contributed by atoms with Gasteiger partial charge >= 0.3 is 39.5 Å². The first-order valence-electron chi connectivity index (χ1n) is 37.7. The van der Waals surface area contributed by atoms with Crippen LogP contribution in [-0.4, -0.2) is 96.7 Å². The molecule has 0 aliphatic carbocycles. The second-order valence-electron chi connectivity index (χ2n) is 28.0. The summed E-state index contributed by atoms with van der Waals surface area (Å²) in [5.41, 5.74) is 0. The zero-order valence-corrected chi connectivity index (χ0v) is 62.0. The predicted molar refractivity (Wildman–Crippen MR) is 372 cm³/mol. The van der Waals surface area contributed by atoms with E-state index in [-0.39, 0.29) is 25.7 Å². The number of carbonyl (C=O) groups excluding carboxylic acids is 4. The average Bonchev–Trinajstić information content (AvgIpc) is 3.37. The molecule has 0 aliphatic rings. The van der Waals surface area contributed by atoms with Crippen LogP contribution in [0.2, 0.25) is 0 Å². The Hall–Kier alpha value is -1.94. The number of unbranched alkanes of at least 4 members (excludes halogenated alkanes) is 35. The molecule has 0 saturated heterocycles. The van der Waals surface area contributed by atoms with Crippen LogP contribution >= 0.6 is 15.6 Å². The molecule has 17 nitrogen and oxygen atoms in total. The minimum Gasteiger partial charge on any atom is -0.462 e. The summed E-state index contributed by atoms with van der Waals surface area (Å²) in [7, 11) is -9.91. The lowest BCUT2D eigenvalue weighted by Gasteiger charge is -2.21. The van der Waals surface area contributed by atoms with Gasteiger partial charge in [-0.2, -0.15) is 0 Å². The fourth-order valence-corrected chi connectivity index (χ4v) is 12.6. The first-order valence-corrected chi connectivity index (χ1v) is 40.7. The number of rotatable bonds is 70. The van der Waals surface area contributed by atoms with Gasteiger partial charge in [-0.1, -0.05) is 312 Å². The maximum Gasteiger partial charge on any atom is 0.472 e. The number of carbonyl (C=O) groups is 4. The summed E-state index contributed by atoms with van der Waals surface area (Å²) < 4.78 is 68.4. The van der Waals surface area contributed by atoms with Gasteiger partial charge in [-0.3, -0.25) is 37.3 Å². The maximum atomic E-state index is 13.0. The Labute approximate surface area is 562 Å². The first-order chi connectivity index (χ1) is 44.1. The molecule has 0 spiro atoms. The lowest BCUT2D eigenvalue weighted by atomic mass is 9.99. The van der Waals surface area contributed by atoms with Crippen LogP contribution in [0.15, 0.2) is 0 Å². The fraction of sp³-hybridized carbons (Fsp3) is 0.945. The highest BCUT2D eigenvalue weighted by molar-refractivity contribution is 7.47. The van der Waals surface area contributed by atoms with E-state index < -0.39 is 97.5 Å². The van der Waals surface area contributed by atoms with E-state index in [4.69, 9.17) is 37.0 Å². The van der Waals surface area contributed by atoms with Crippen molar-refractivity contribution in [3.8, 4) is 0 Å². The molecule has 0 heterocycles. The Balaban J connectivity index is 5.22. The summed E-state index contributed by atoms with van der Waals surface area (Å²) in [5, 5.41) is 10.6. The molecule has 0 rings (SSSR count). The van der Waals surface area contributed by atoms with Crippen LogP contribution in [0.3, 0.4) is 0 Å². The van der Waals surface area contributed by atoms with Gasteiger partial charge < -0.3 is 33.8 Å². The zero-order valence-electron chi connectivity index (χ0n) is 60.2. The number of phosphoric acid groups is 2. The molecule has 19 heteroatoms. The van der Waals surface area contributed by atoms with Gasteiger partial charge in [0, 0.05) is 25.7 Å². The van der Waals surface area contributed by atoms with Crippen LogP contribution < -0.4 is 0 Å². The molecule has 92 heavy (non-hydrogen) atoms. The lowest BCUT2D eigenvalue weighted by Crippen LogP contribution is -2.30. The molecule has 0 aromatic rings. The number of aliphatic hydroxyl groups excluding tert-OH is 1. The van der Waals surface area contributed by atoms with Crippen molar-refractivity contribution in [2.75, 3.05) is 39.6 Å². The van der Waals surface area contributed by atoms with Crippen molar-refractivity contribution in [1.82, 2.24) is 0 Å². The van der Waals surface area contributed by atoms with Gasteiger partial charge in [-0.05, 0) is 49.4 Å². The maximum absolute atomic E-state index is 13.0. The summed E-state index contributed by atoms with van der Waals surface area (Å²) in [4.78, 5) is 72.6. The molecule has 0 saturated carbocycles. The van der Waals surface area contributed by atoms with Crippen LogP contribution in [-0.2, 0) is 65.4 Å². The molecule has 0 amide bonds. The summed E-state index contributed by atoms with van der Waals surface area (Å²) in [6.45, 7) is 14.1. The molecule has 0 aromatic heterocycles. The van der Waals surface area contributed by atoms with E-state index in [1.165, 1.54) is 161 Å². The van der Waals surface area contributed by atoms with Gasteiger partial charge in [0.15, 0.2) is 12.2 Å². The van der Waals surface area contributed by atoms with E-state index in [1.54, 1.807) is 0 Å².